The van der Waals surface area contributed by atoms with Gasteiger partial charge in [-0.15, -0.1) is 5.10 Å². The third-order valence-electron chi connectivity index (χ3n) is 2.37. The maximum absolute atomic E-state index is 11.8. The van der Waals surface area contributed by atoms with Crippen LogP contribution in [0.2, 0.25) is 0 Å². The Morgan fingerprint density at radius 1 is 1.45 bits per heavy atom. The van der Waals surface area contributed by atoms with Crippen LogP contribution in [0.15, 0.2) is 24.5 Å². The predicted molar refractivity (Wildman–Crippen MR) is 67.5 cm³/mol. The van der Waals surface area contributed by atoms with E-state index in [1.165, 1.54) is 17.1 Å². The summed E-state index contributed by atoms with van der Waals surface area (Å²) in [7, 11) is 0. The van der Waals surface area contributed by atoms with E-state index in [0.717, 1.165) is 0 Å². The van der Waals surface area contributed by atoms with Crippen LogP contribution in [0.25, 0.3) is 0 Å². The molecule has 4 N–H and O–H groups in total. The summed E-state index contributed by atoms with van der Waals surface area (Å²) in [6, 6.07) is 3.20. The Balaban J connectivity index is 1.95. The Hall–Kier alpha value is -2.97. The number of carbonyl (C=O) groups excluding carboxylic acids is 1. The number of carboxylic acids is 1. The second-order valence-electron chi connectivity index (χ2n) is 3.93. The van der Waals surface area contributed by atoms with E-state index in [1.807, 2.05) is 0 Å². The van der Waals surface area contributed by atoms with E-state index in [1.54, 1.807) is 12.1 Å². The molecule has 0 aliphatic heterocycles. The van der Waals surface area contributed by atoms with E-state index in [4.69, 9.17) is 10.8 Å². The molecule has 9 nitrogen and oxygen atoms in total. The first-order chi connectivity index (χ1) is 9.56. The van der Waals surface area contributed by atoms with Crippen molar-refractivity contribution >= 4 is 17.6 Å². The molecule has 0 bridgehead atoms. The quantitative estimate of drug-likeness (QED) is 0.654. The Morgan fingerprint density at radius 2 is 2.25 bits per heavy atom. The fourth-order valence-electron chi connectivity index (χ4n) is 1.50. The van der Waals surface area contributed by atoms with Crippen molar-refractivity contribution in [2.45, 2.75) is 13.1 Å². The molecule has 2 aromatic rings. The van der Waals surface area contributed by atoms with E-state index in [2.05, 4.69) is 20.6 Å². The van der Waals surface area contributed by atoms with Gasteiger partial charge in [-0.3, -0.25) is 9.59 Å². The van der Waals surface area contributed by atoms with Gasteiger partial charge in [-0.1, -0.05) is 5.21 Å². The number of rotatable bonds is 5. The van der Waals surface area contributed by atoms with Crippen molar-refractivity contribution < 1.29 is 14.7 Å². The molecule has 9 heteroatoms. The zero-order valence-electron chi connectivity index (χ0n) is 10.4. The molecule has 2 aromatic heterocycles. The minimum atomic E-state index is -1.02. The van der Waals surface area contributed by atoms with E-state index < -0.39 is 11.9 Å². The average molecular weight is 276 g/mol. The molecular formula is C11H12N6O3. The lowest BCUT2D eigenvalue weighted by Gasteiger charge is -2.04. The fraction of sp³-hybridized carbons (Fsp3) is 0.182. The van der Waals surface area contributed by atoms with Crippen molar-refractivity contribution in [1.82, 2.24) is 25.3 Å². The number of nitrogens with two attached hydrogens (primary N) is 1. The molecule has 2 heterocycles. The lowest BCUT2D eigenvalue weighted by atomic mass is 10.3. The van der Waals surface area contributed by atoms with Gasteiger partial charge in [0.2, 0.25) is 0 Å². The number of carbonyl (C=O) groups is 2. The molecule has 1 amide bonds. The summed E-state index contributed by atoms with van der Waals surface area (Å²) in [6.45, 7) is -0.178. The molecule has 0 saturated carbocycles. The van der Waals surface area contributed by atoms with Gasteiger partial charge in [0, 0.05) is 6.20 Å². The van der Waals surface area contributed by atoms with Crippen molar-refractivity contribution in [3.63, 3.8) is 0 Å². The summed E-state index contributed by atoms with van der Waals surface area (Å²) in [6.07, 6.45) is 2.91. The van der Waals surface area contributed by atoms with Crippen LogP contribution in [0.3, 0.4) is 0 Å². The number of aromatic nitrogens is 4. The molecule has 0 spiro atoms. The smallest absolute Gasteiger partial charge is 0.325 e. The number of pyridine rings is 1. The highest BCUT2D eigenvalue weighted by Crippen LogP contribution is 2.06. The van der Waals surface area contributed by atoms with Crippen LogP contribution in [-0.4, -0.2) is 37.0 Å². The Labute approximate surface area is 113 Å². The zero-order valence-corrected chi connectivity index (χ0v) is 10.4. The van der Waals surface area contributed by atoms with E-state index in [0.29, 0.717) is 5.69 Å². The van der Waals surface area contributed by atoms with Crippen LogP contribution in [0.4, 0.5) is 5.69 Å². The van der Waals surface area contributed by atoms with Gasteiger partial charge in [-0.2, -0.15) is 0 Å². The maximum Gasteiger partial charge on any atom is 0.325 e. The van der Waals surface area contributed by atoms with Crippen LogP contribution >= 0.6 is 0 Å². The average Bonchev–Trinajstić information content (AvgIpc) is 2.83. The van der Waals surface area contributed by atoms with Crippen LogP contribution in [0.5, 0.6) is 0 Å². The number of carboxylic acid groups (broad SMARTS) is 1. The molecule has 0 aliphatic carbocycles. The van der Waals surface area contributed by atoms with Gasteiger partial charge in [0.05, 0.1) is 18.4 Å². The Bertz CT molecular complexity index is 639. The number of amides is 1. The Morgan fingerprint density at radius 3 is 2.95 bits per heavy atom. The number of nitrogen functional groups attached to an aromatic ring is 1. The minimum Gasteiger partial charge on any atom is -0.480 e. The molecule has 0 fully saturated rings. The minimum absolute atomic E-state index is 0.106. The second-order valence-corrected chi connectivity index (χ2v) is 3.93. The van der Waals surface area contributed by atoms with Gasteiger partial charge in [-0.05, 0) is 12.1 Å². The highest BCUT2D eigenvalue weighted by molar-refractivity contribution is 5.96. The molecule has 2 rings (SSSR count). The number of anilines is 1. The van der Waals surface area contributed by atoms with E-state index in [9.17, 15) is 9.59 Å². The molecule has 0 saturated heterocycles. The first-order valence-electron chi connectivity index (χ1n) is 5.66. The zero-order chi connectivity index (χ0) is 14.5. The van der Waals surface area contributed by atoms with E-state index >= 15 is 0 Å². The van der Waals surface area contributed by atoms with Gasteiger partial charge >= 0.3 is 5.97 Å². The second kappa shape index (κ2) is 5.78. The topological polar surface area (TPSA) is 136 Å². The summed E-state index contributed by atoms with van der Waals surface area (Å²) >= 11 is 0. The van der Waals surface area contributed by atoms with Crippen molar-refractivity contribution in [2.24, 2.45) is 0 Å². The highest BCUT2D eigenvalue weighted by Gasteiger charge is 2.11. The summed E-state index contributed by atoms with van der Waals surface area (Å²) < 4.78 is 1.17. The third kappa shape index (κ3) is 3.28. The summed E-state index contributed by atoms with van der Waals surface area (Å²) in [5.74, 6) is -1.46. The van der Waals surface area contributed by atoms with Crippen molar-refractivity contribution in [3.8, 4) is 0 Å². The fourth-order valence-corrected chi connectivity index (χ4v) is 1.50. The van der Waals surface area contributed by atoms with Gasteiger partial charge < -0.3 is 16.2 Å². The third-order valence-corrected chi connectivity index (χ3v) is 2.37. The van der Waals surface area contributed by atoms with Crippen LogP contribution in [0.1, 0.15) is 16.2 Å². The summed E-state index contributed by atoms with van der Waals surface area (Å²) in [5, 5.41) is 18.5. The van der Waals surface area contributed by atoms with Crippen molar-refractivity contribution in [3.05, 3.63) is 35.9 Å². The van der Waals surface area contributed by atoms with Gasteiger partial charge in [-0.25, -0.2) is 9.67 Å². The first kappa shape index (κ1) is 13.5. The van der Waals surface area contributed by atoms with Crippen molar-refractivity contribution in [1.29, 1.82) is 0 Å². The summed E-state index contributed by atoms with van der Waals surface area (Å²) in [4.78, 5) is 26.2. The molecule has 20 heavy (non-hydrogen) atoms. The number of hydrogen-bond donors (Lipinski definition) is 3. The lowest BCUT2D eigenvalue weighted by molar-refractivity contribution is -0.137. The molecular weight excluding hydrogens is 264 g/mol. The van der Waals surface area contributed by atoms with Gasteiger partial charge in [0.25, 0.3) is 5.91 Å². The van der Waals surface area contributed by atoms with Crippen LogP contribution < -0.4 is 11.1 Å². The number of aliphatic carboxylic acids is 1. The normalized spacial score (nSPS) is 10.2. The van der Waals surface area contributed by atoms with Crippen molar-refractivity contribution in [2.75, 3.05) is 5.73 Å². The molecule has 104 valence electrons. The molecule has 0 unspecified atom stereocenters. The summed E-state index contributed by atoms with van der Waals surface area (Å²) in [5.41, 5.74) is 6.48. The highest BCUT2D eigenvalue weighted by atomic mass is 16.4. The van der Waals surface area contributed by atoms with Crippen LogP contribution in [0, 0.1) is 0 Å². The molecule has 0 aromatic carbocycles. The number of hydrogen-bond acceptors (Lipinski definition) is 6. The van der Waals surface area contributed by atoms with Gasteiger partial charge in [0.15, 0.2) is 5.69 Å². The number of nitrogens with zero attached hydrogens (tertiary/aromatic N) is 4. The van der Waals surface area contributed by atoms with E-state index in [-0.39, 0.29) is 24.5 Å². The van der Waals surface area contributed by atoms with Crippen LogP contribution in [-0.2, 0) is 17.9 Å². The number of nitrogens with one attached hydrogen (secondary N) is 1. The van der Waals surface area contributed by atoms with Gasteiger partial charge in [0.1, 0.15) is 12.2 Å². The first-order valence-corrected chi connectivity index (χ1v) is 5.66. The molecule has 0 radical (unpaired) electrons. The Kier molecular flexibility index (Phi) is 3.89. The lowest BCUT2D eigenvalue weighted by Crippen LogP contribution is -2.25. The monoisotopic (exact) mass is 276 g/mol. The SMILES string of the molecule is Nc1cccnc1C(=O)NCc1cn(CC(=O)O)nn1. The maximum atomic E-state index is 11.8. The molecule has 0 atom stereocenters. The molecule has 0 aliphatic rings. The standard InChI is InChI=1S/C11H12N6O3/c12-8-2-1-3-13-10(8)11(20)14-4-7-5-17(16-15-7)6-9(18)19/h1-3,5H,4,6,12H2,(H,14,20)(H,18,19). The predicted octanol–water partition coefficient (Wildman–Crippen LogP) is -0.730. The largest absolute Gasteiger partial charge is 0.480 e.